The fourth-order valence-corrected chi connectivity index (χ4v) is 3.56. The maximum Gasteiger partial charge on any atom is 0.412 e. The number of carbonyl (C=O) groups is 1. The van der Waals surface area contributed by atoms with E-state index in [1.807, 2.05) is 0 Å². The van der Waals surface area contributed by atoms with Crippen molar-refractivity contribution in [1.29, 1.82) is 0 Å². The minimum absolute atomic E-state index is 0.118. The van der Waals surface area contributed by atoms with Gasteiger partial charge in [0.1, 0.15) is 11.1 Å². The van der Waals surface area contributed by atoms with Crippen LogP contribution in [0.1, 0.15) is 36.2 Å². The zero-order valence-electron chi connectivity index (χ0n) is 18.7. The van der Waals surface area contributed by atoms with Gasteiger partial charge in [-0.3, -0.25) is 14.5 Å². The van der Waals surface area contributed by atoms with Crippen molar-refractivity contribution in [2.24, 2.45) is 0 Å². The summed E-state index contributed by atoms with van der Waals surface area (Å²) in [5.41, 5.74) is -2.80. The van der Waals surface area contributed by atoms with E-state index in [-0.39, 0.29) is 12.2 Å². The number of hydrogen-bond donors (Lipinski definition) is 1. The van der Waals surface area contributed by atoms with Crippen LogP contribution in [0.5, 0.6) is 11.5 Å². The highest BCUT2D eigenvalue weighted by atomic mass is 19.4. The van der Waals surface area contributed by atoms with E-state index in [0.29, 0.717) is 42.3 Å². The molecule has 1 aliphatic rings. The first-order valence-corrected chi connectivity index (χ1v) is 10.1. The lowest BCUT2D eigenvalue weighted by Crippen LogP contribution is -2.60. The number of alkyl halides is 3. The van der Waals surface area contributed by atoms with Gasteiger partial charge in [0, 0.05) is 38.0 Å². The summed E-state index contributed by atoms with van der Waals surface area (Å²) < 4.78 is 59.1. The number of halogens is 3. The highest BCUT2D eigenvalue weighted by molar-refractivity contribution is 5.88. The van der Waals surface area contributed by atoms with E-state index in [1.54, 1.807) is 19.2 Å². The molecular weight excluding hydrogens is 445 g/mol. The number of methoxy groups -OCH3 is 2. The lowest BCUT2D eigenvalue weighted by Gasteiger charge is -2.46. The van der Waals surface area contributed by atoms with E-state index in [9.17, 15) is 27.9 Å². The summed E-state index contributed by atoms with van der Waals surface area (Å²) in [6, 6.07) is 4.18. The van der Waals surface area contributed by atoms with Crippen molar-refractivity contribution in [2.75, 3.05) is 32.4 Å². The van der Waals surface area contributed by atoms with E-state index in [2.05, 4.69) is 0 Å². The Bertz CT molecular complexity index is 1110. The Morgan fingerprint density at radius 3 is 2.39 bits per heavy atom. The van der Waals surface area contributed by atoms with Crippen LogP contribution in [0, 0.1) is 0 Å². The normalized spacial score (nSPS) is 13.4. The number of rotatable bonds is 8. The van der Waals surface area contributed by atoms with Crippen LogP contribution in [0.4, 0.5) is 13.2 Å². The summed E-state index contributed by atoms with van der Waals surface area (Å²) in [6.45, 7) is 2.55. The Balaban J connectivity index is 2.20. The number of carboxylic acid groups (broad SMARTS) is 1. The SMILES string of the molecule is COCCCOc1cc2c(cc1OC)-c1cc(=O)c(C(=O)O)cn1N(C(C)(C)C(F)(F)F)C2. The molecule has 8 nitrogen and oxygen atoms in total. The molecule has 0 atom stereocenters. The predicted octanol–water partition coefficient (Wildman–Crippen LogP) is 3.43. The van der Waals surface area contributed by atoms with Gasteiger partial charge in [0.15, 0.2) is 16.9 Å². The molecule has 2 aromatic rings. The summed E-state index contributed by atoms with van der Waals surface area (Å²) in [5.74, 6) is -0.852. The molecule has 0 spiro atoms. The largest absolute Gasteiger partial charge is 0.493 e. The molecule has 2 heterocycles. The van der Waals surface area contributed by atoms with Crippen molar-refractivity contribution in [3.8, 4) is 22.8 Å². The summed E-state index contributed by atoms with van der Waals surface area (Å²) in [6.07, 6.45) is -3.13. The Hall–Kier alpha value is -3.21. The highest BCUT2D eigenvalue weighted by Gasteiger charge is 2.53. The molecule has 0 aliphatic carbocycles. The molecular formula is C22H25F3N2O6. The number of hydrogen-bond acceptors (Lipinski definition) is 6. The molecule has 0 saturated carbocycles. The van der Waals surface area contributed by atoms with Gasteiger partial charge in [-0.1, -0.05) is 0 Å². The average Bonchev–Trinajstić information content (AvgIpc) is 2.74. The molecule has 1 aromatic carbocycles. The van der Waals surface area contributed by atoms with Gasteiger partial charge >= 0.3 is 12.1 Å². The maximum atomic E-state index is 14.0. The minimum atomic E-state index is -4.65. The molecule has 1 aliphatic heterocycles. The van der Waals surface area contributed by atoms with Gasteiger partial charge in [-0.05, 0) is 31.5 Å². The lowest BCUT2D eigenvalue weighted by molar-refractivity contribution is -0.182. The minimum Gasteiger partial charge on any atom is -0.493 e. The third-order valence-corrected chi connectivity index (χ3v) is 5.60. The Morgan fingerprint density at radius 2 is 1.82 bits per heavy atom. The van der Waals surface area contributed by atoms with Crippen LogP contribution in [0.2, 0.25) is 0 Å². The number of ether oxygens (including phenoxy) is 3. The van der Waals surface area contributed by atoms with Gasteiger partial charge in [0.05, 0.1) is 26.0 Å². The highest BCUT2D eigenvalue weighted by Crippen LogP contribution is 2.43. The van der Waals surface area contributed by atoms with Gasteiger partial charge in [-0.25, -0.2) is 4.79 Å². The van der Waals surface area contributed by atoms with Crippen molar-refractivity contribution in [3.63, 3.8) is 0 Å². The van der Waals surface area contributed by atoms with Crippen LogP contribution in [-0.2, 0) is 11.3 Å². The summed E-state index contributed by atoms with van der Waals surface area (Å²) in [4.78, 5) is 23.9. The Morgan fingerprint density at radius 1 is 1.12 bits per heavy atom. The number of aromatic carboxylic acids is 1. The molecule has 0 unspecified atom stereocenters. The Kier molecular flexibility index (Phi) is 6.64. The topological polar surface area (TPSA) is 90.2 Å². The van der Waals surface area contributed by atoms with E-state index >= 15 is 0 Å². The number of pyridine rings is 1. The number of carboxylic acids is 1. The Labute approximate surface area is 188 Å². The average molecular weight is 470 g/mol. The maximum absolute atomic E-state index is 14.0. The second-order valence-electron chi connectivity index (χ2n) is 8.06. The monoisotopic (exact) mass is 470 g/mol. The van der Waals surface area contributed by atoms with E-state index < -0.39 is 28.7 Å². The first-order chi connectivity index (χ1) is 15.4. The van der Waals surface area contributed by atoms with Gasteiger partial charge in [0.25, 0.3) is 0 Å². The molecule has 11 heteroatoms. The van der Waals surface area contributed by atoms with Gasteiger partial charge in [0.2, 0.25) is 0 Å². The fraction of sp³-hybridized carbons (Fsp3) is 0.455. The van der Waals surface area contributed by atoms with Gasteiger partial charge in [-0.15, -0.1) is 0 Å². The fourth-order valence-electron chi connectivity index (χ4n) is 3.56. The van der Waals surface area contributed by atoms with E-state index in [1.165, 1.54) is 7.11 Å². The third kappa shape index (κ3) is 4.50. The van der Waals surface area contributed by atoms with E-state index in [0.717, 1.165) is 35.8 Å². The first-order valence-electron chi connectivity index (χ1n) is 10.1. The van der Waals surface area contributed by atoms with Crippen molar-refractivity contribution in [2.45, 2.75) is 38.5 Å². The quantitative estimate of drug-likeness (QED) is 0.591. The standard InChI is InChI=1S/C22H25F3N2O6/c1-21(2,22(23,24)25)27-11-13-8-19(33-7-5-6-31-3)18(32-4)9-14(13)16-10-17(28)15(20(29)30)12-26(16)27/h8-10,12H,5-7,11H2,1-4H3,(H,29,30). The summed E-state index contributed by atoms with van der Waals surface area (Å²) in [7, 11) is 2.98. The van der Waals surface area contributed by atoms with Gasteiger partial charge < -0.3 is 19.3 Å². The second kappa shape index (κ2) is 8.97. The van der Waals surface area contributed by atoms with Crippen LogP contribution in [0.15, 0.2) is 29.2 Å². The van der Waals surface area contributed by atoms with Crippen molar-refractivity contribution in [3.05, 3.63) is 45.7 Å². The molecule has 1 aromatic heterocycles. The van der Waals surface area contributed by atoms with Crippen LogP contribution >= 0.6 is 0 Å². The van der Waals surface area contributed by atoms with E-state index in [4.69, 9.17) is 14.2 Å². The molecule has 0 amide bonds. The second-order valence-corrected chi connectivity index (χ2v) is 8.06. The van der Waals surface area contributed by atoms with Crippen LogP contribution < -0.4 is 19.9 Å². The number of benzene rings is 1. The number of nitrogens with zero attached hydrogens (tertiary/aromatic N) is 2. The molecule has 3 rings (SSSR count). The summed E-state index contributed by atoms with van der Waals surface area (Å²) in [5, 5.41) is 10.3. The molecule has 33 heavy (non-hydrogen) atoms. The molecule has 180 valence electrons. The number of aromatic nitrogens is 1. The molecule has 0 radical (unpaired) electrons. The van der Waals surface area contributed by atoms with Crippen molar-refractivity contribution < 1.29 is 37.3 Å². The molecule has 0 fully saturated rings. The number of fused-ring (bicyclic) bond motifs is 3. The molecule has 0 saturated heterocycles. The van der Waals surface area contributed by atoms with Crippen LogP contribution in [0.3, 0.4) is 0 Å². The zero-order valence-corrected chi connectivity index (χ0v) is 18.7. The smallest absolute Gasteiger partial charge is 0.412 e. The van der Waals surface area contributed by atoms with Gasteiger partial charge in [-0.2, -0.15) is 13.2 Å². The third-order valence-electron chi connectivity index (χ3n) is 5.60. The molecule has 1 N–H and O–H groups in total. The zero-order chi connectivity index (χ0) is 24.6. The first kappa shape index (κ1) is 24.4. The van der Waals surface area contributed by atoms with Crippen LogP contribution in [-0.4, -0.2) is 54.9 Å². The van der Waals surface area contributed by atoms with Crippen molar-refractivity contribution >= 4 is 5.97 Å². The molecule has 0 bridgehead atoms. The lowest BCUT2D eigenvalue weighted by atomic mass is 9.96. The van der Waals surface area contributed by atoms with Crippen molar-refractivity contribution in [1.82, 2.24) is 4.68 Å². The predicted molar refractivity (Wildman–Crippen MR) is 114 cm³/mol. The van der Waals surface area contributed by atoms with Crippen LogP contribution in [0.25, 0.3) is 11.3 Å². The summed E-state index contributed by atoms with van der Waals surface area (Å²) >= 11 is 0.